The standard InChI is InChI=1S/C11H15Cl2N/c1-3-4-5-6-9-7-14-8(2)10(12)11(9)13/h7H,3-6H2,1-2H3. The predicted molar refractivity (Wildman–Crippen MR) is 62.2 cm³/mol. The molecule has 78 valence electrons. The van der Waals surface area contributed by atoms with Gasteiger partial charge in [0.15, 0.2) is 0 Å². The summed E-state index contributed by atoms with van der Waals surface area (Å²) in [6, 6.07) is 0. The molecule has 0 spiro atoms. The van der Waals surface area contributed by atoms with Gasteiger partial charge in [0, 0.05) is 6.20 Å². The van der Waals surface area contributed by atoms with Crippen LogP contribution in [0.5, 0.6) is 0 Å². The molecule has 0 bridgehead atoms. The van der Waals surface area contributed by atoms with Gasteiger partial charge in [0.05, 0.1) is 15.7 Å². The van der Waals surface area contributed by atoms with E-state index in [2.05, 4.69) is 11.9 Å². The van der Waals surface area contributed by atoms with E-state index < -0.39 is 0 Å². The molecule has 3 heteroatoms. The Morgan fingerprint density at radius 3 is 2.57 bits per heavy atom. The second kappa shape index (κ2) is 5.57. The fraction of sp³-hybridized carbons (Fsp3) is 0.545. The molecule has 0 unspecified atom stereocenters. The monoisotopic (exact) mass is 231 g/mol. The van der Waals surface area contributed by atoms with Crippen LogP contribution in [0.15, 0.2) is 6.20 Å². The van der Waals surface area contributed by atoms with Gasteiger partial charge in [-0.2, -0.15) is 0 Å². The third-order valence-electron chi connectivity index (χ3n) is 2.26. The minimum absolute atomic E-state index is 0.598. The van der Waals surface area contributed by atoms with E-state index >= 15 is 0 Å². The Hall–Kier alpha value is -0.270. The lowest BCUT2D eigenvalue weighted by atomic mass is 10.1. The number of pyridine rings is 1. The minimum Gasteiger partial charge on any atom is -0.260 e. The average molecular weight is 232 g/mol. The Kier molecular flexibility index (Phi) is 4.70. The van der Waals surface area contributed by atoms with Crippen molar-refractivity contribution in [2.24, 2.45) is 0 Å². The molecule has 0 aliphatic heterocycles. The first-order valence-corrected chi connectivity index (χ1v) is 5.72. The van der Waals surface area contributed by atoms with Crippen LogP contribution in [0.3, 0.4) is 0 Å². The van der Waals surface area contributed by atoms with Gasteiger partial charge in [-0.3, -0.25) is 4.98 Å². The fourth-order valence-corrected chi connectivity index (χ4v) is 1.78. The molecule has 0 fully saturated rings. The largest absolute Gasteiger partial charge is 0.260 e. The maximum absolute atomic E-state index is 6.11. The molecule has 1 rings (SSSR count). The smallest absolute Gasteiger partial charge is 0.0807 e. The molecule has 0 radical (unpaired) electrons. The van der Waals surface area contributed by atoms with Crippen molar-refractivity contribution >= 4 is 23.2 Å². The fourth-order valence-electron chi connectivity index (χ4n) is 1.33. The number of halogens is 2. The number of hydrogen-bond donors (Lipinski definition) is 0. The van der Waals surface area contributed by atoms with E-state index in [9.17, 15) is 0 Å². The molecule has 0 saturated heterocycles. The molecule has 1 heterocycles. The van der Waals surface area contributed by atoms with Gasteiger partial charge >= 0.3 is 0 Å². The van der Waals surface area contributed by atoms with Crippen molar-refractivity contribution in [2.45, 2.75) is 39.5 Å². The van der Waals surface area contributed by atoms with Crippen molar-refractivity contribution in [1.82, 2.24) is 4.98 Å². The van der Waals surface area contributed by atoms with Crippen LogP contribution in [-0.4, -0.2) is 4.98 Å². The van der Waals surface area contributed by atoms with Gasteiger partial charge < -0.3 is 0 Å². The van der Waals surface area contributed by atoms with Crippen LogP contribution in [0.2, 0.25) is 10.0 Å². The van der Waals surface area contributed by atoms with E-state index in [4.69, 9.17) is 23.2 Å². The molecular formula is C11H15Cl2N. The third-order valence-corrected chi connectivity index (χ3v) is 3.25. The highest BCUT2D eigenvalue weighted by molar-refractivity contribution is 6.42. The van der Waals surface area contributed by atoms with Crippen molar-refractivity contribution in [3.05, 3.63) is 27.5 Å². The van der Waals surface area contributed by atoms with E-state index in [1.54, 1.807) is 0 Å². The molecule has 1 aromatic rings. The maximum Gasteiger partial charge on any atom is 0.0807 e. The molecule has 14 heavy (non-hydrogen) atoms. The van der Waals surface area contributed by atoms with Crippen LogP contribution in [0.1, 0.15) is 37.4 Å². The number of aromatic nitrogens is 1. The summed E-state index contributed by atoms with van der Waals surface area (Å²) >= 11 is 12.1. The zero-order valence-electron chi connectivity index (χ0n) is 8.61. The quantitative estimate of drug-likeness (QED) is 0.700. The van der Waals surface area contributed by atoms with Crippen LogP contribution < -0.4 is 0 Å². The van der Waals surface area contributed by atoms with Gasteiger partial charge in [-0.1, -0.05) is 43.0 Å². The summed E-state index contributed by atoms with van der Waals surface area (Å²) in [7, 11) is 0. The summed E-state index contributed by atoms with van der Waals surface area (Å²) in [6.45, 7) is 4.05. The van der Waals surface area contributed by atoms with Crippen molar-refractivity contribution in [2.75, 3.05) is 0 Å². The van der Waals surface area contributed by atoms with Crippen LogP contribution in [-0.2, 0) is 6.42 Å². The summed E-state index contributed by atoms with van der Waals surface area (Å²) < 4.78 is 0. The third kappa shape index (κ3) is 2.86. The molecule has 0 aliphatic rings. The molecule has 0 saturated carbocycles. The van der Waals surface area contributed by atoms with Gasteiger partial charge in [-0.15, -0.1) is 0 Å². The summed E-state index contributed by atoms with van der Waals surface area (Å²) in [5, 5.41) is 1.27. The van der Waals surface area contributed by atoms with Crippen molar-refractivity contribution in [3.8, 4) is 0 Å². The van der Waals surface area contributed by atoms with Gasteiger partial charge in [0.1, 0.15) is 0 Å². The van der Waals surface area contributed by atoms with Crippen molar-refractivity contribution < 1.29 is 0 Å². The number of rotatable bonds is 4. The zero-order valence-corrected chi connectivity index (χ0v) is 10.1. The van der Waals surface area contributed by atoms with Crippen LogP contribution >= 0.6 is 23.2 Å². The Labute approximate surface area is 95.4 Å². The van der Waals surface area contributed by atoms with Crippen molar-refractivity contribution in [1.29, 1.82) is 0 Å². The molecule has 1 aromatic heterocycles. The minimum atomic E-state index is 0.598. The first-order chi connectivity index (χ1) is 6.66. The van der Waals surface area contributed by atoms with E-state index in [1.165, 1.54) is 12.8 Å². The molecule has 0 atom stereocenters. The van der Waals surface area contributed by atoms with Gasteiger partial charge in [0.2, 0.25) is 0 Å². The highest BCUT2D eigenvalue weighted by Crippen LogP contribution is 2.28. The van der Waals surface area contributed by atoms with Gasteiger partial charge in [0.25, 0.3) is 0 Å². The summed E-state index contributed by atoms with van der Waals surface area (Å²) in [4.78, 5) is 4.20. The zero-order chi connectivity index (χ0) is 10.6. The summed E-state index contributed by atoms with van der Waals surface area (Å²) in [5.74, 6) is 0. The van der Waals surface area contributed by atoms with Gasteiger partial charge in [-0.25, -0.2) is 0 Å². The second-order valence-electron chi connectivity index (χ2n) is 3.45. The Morgan fingerprint density at radius 2 is 1.93 bits per heavy atom. The summed E-state index contributed by atoms with van der Waals surface area (Å²) in [6.07, 6.45) is 6.39. The highest BCUT2D eigenvalue weighted by Gasteiger charge is 2.07. The second-order valence-corrected chi connectivity index (χ2v) is 4.21. The van der Waals surface area contributed by atoms with Crippen LogP contribution in [0, 0.1) is 6.92 Å². The lowest BCUT2D eigenvalue weighted by Crippen LogP contribution is -1.92. The lowest BCUT2D eigenvalue weighted by Gasteiger charge is -2.06. The highest BCUT2D eigenvalue weighted by atomic mass is 35.5. The number of unbranched alkanes of at least 4 members (excludes halogenated alkanes) is 2. The topological polar surface area (TPSA) is 12.9 Å². The van der Waals surface area contributed by atoms with Crippen molar-refractivity contribution in [3.63, 3.8) is 0 Å². The maximum atomic E-state index is 6.11. The SMILES string of the molecule is CCCCCc1cnc(C)c(Cl)c1Cl. The van der Waals surface area contributed by atoms with E-state index in [-0.39, 0.29) is 0 Å². The Morgan fingerprint density at radius 1 is 1.21 bits per heavy atom. The number of nitrogens with zero attached hydrogens (tertiary/aromatic N) is 1. The Balaban J connectivity index is 2.73. The van der Waals surface area contributed by atoms with E-state index in [0.717, 1.165) is 24.1 Å². The molecule has 0 aliphatic carbocycles. The molecule has 0 aromatic carbocycles. The normalized spacial score (nSPS) is 10.6. The van der Waals surface area contributed by atoms with Crippen LogP contribution in [0.25, 0.3) is 0 Å². The number of hydrogen-bond acceptors (Lipinski definition) is 1. The first-order valence-electron chi connectivity index (χ1n) is 4.96. The Bertz CT molecular complexity index is 310. The molecular weight excluding hydrogens is 217 g/mol. The lowest BCUT2D eigenvalue weighted by molar-refractivity contribution is 0.716. The molecule has 0 N–H and O–H groups in total. The van der Waals surface area contributed by atoms with E-state index in [1.807, 2.05) is 13.1 Å². The van der Waals surface area contributed by atoms with Crippen LogP contribution in [0.4, 0.5) is 0 Å². The summed E-state index contributed by atoms with van der Waals surface area (Å²) in [5.41, 5.74) is 1.87. The number of aryl methyl sites for hydroxylation is 2. The average Bonchev–Trinajstić information content (AvgIpc) is 2.18. The predicted octanol–water partition coefficient (Wildman–Crippen LogP) is 4.43. The molecule has 0 amide bonds. The van der Waals surface area contributed by atoms with Gasteiger partial charge in [-0.05, 0) is 25.3 Å². The first kappa shape index (κ1) is 11.8. The molecule has 1 nitrogen and oxygen atoms in total. The van der Waals surface area contributed by atoms with E-state index in [0.29, 0.717) is 10.0 Å².